The van der Waals surface area contributed by atoms with Crippen LogP contribution in [0, 0.1) is 23.0 Å². The third kappa shape index (κ3) is 2.30. The van der Waals surface area contributed by atoms with E-state index in [1.165, 1.54) is 12.8 Å². The molecule has 2 unspecified atom stereocenters. The lowest BCUT2D eigenvalue weighted by molar-refractivity contribution is -0.384. The molecule has 0 aliphatic carbocycles. The third-order valence-electron chi connectivity index (χ3n) is 4.27. The van der Waals surface area contributed by atoms with Crippen molar-refractivity contribution in [2.75, 3.05) is 24.5 Å². The van der Waals surface area contributed by atoms with E-state index < -0.39 is 0 Å². The molecule has 2 fully saturated rings. The summed E-state index contributed by atoms with van der Waals surface area (Å²) in [6.07, 6.45) is 2.44. The van der Waals surface area contributed by atoms with Crippen molar-refractivity contribution >= 4 is 11.4 Å². The van der Waals surface area contributed by atoms with Gasteiger partial charge in [-0.2, -0.15) is 0 Å². The number of hydrogen-bond acceptors (Lipinski definition) is 4. The van der Waals surface area contributed by atoms with E-state index in [2.05, 4.69) is 10.2 Å². The average molecular weight is 261 g/mol. The van der Waals surface area contributed by atoms with Crippen LogP contribution >= 0.6 is 0 Å². The lowest BCUT2D eigenvalue weighted by Crippen LogP contribution is -2.40. The van der Waals surface area contributed by atoms with Crippen LogP contribution in [-0.2, 0) is 0 Å². The Morgan fingerprint density at radius 2 is 2.26 bits per heavy atom. The zero-order valence-electron chi connectivity index (χ0n) is 11.1. The number of nitro benzene ring substituents is 1. The molecule has 3 rings (SSSR count). The molecule has 5 nitrogen and oxygen atoms in total. The Hall–Kier alpha value is -1.62. The van der Waals surface area contributed by atoms with Gasteiger partial charge in [0.25, 0.3) is 5.69 Å². The fourth-order valence-corrected chi connectivity index (χ4v) is 3.28. The zero-order chi connectivity index (χ0) is 13.4. The minimum absolute atomic E-state index is 0.226. The number of nitrogens with zero attached hydrogens (tertiary/aromatic N) is 2. The molecule has 5 heteroatoms. The molecule has 0 aromatic heterocycles. The molecule has 1 aromatic rings. The Kier molecular flexibility index (Phi) is 3.14. The molecular weight excluding hydrogens is 242 g/mol. The molecule has 2 aliphatic rings. The second kappa shape index (κ2) is 4.81. The van der Waals surface area contributed by atoms with Crippen molar-refractivity contribution in [3.05, 3.63) is 33.9 Å². The second-order valence-electron chi connectivity index (χ2n) is 5.62. The highest BCUT2D eigenvalue weighted by Crippen LogP contribution is 2.35. The van der Waals surface area contributed by atoms with Gasteiger partial charge in [0.05, 0.1) is 4.92 Å². The maximum atomic E-state index is 11.2. The van der Waals surface area contributed by atoms with Crippen molar-refractivity contribution < 1.29 is 4.92 Å². The van der Waals surface area contributed by atoms with Crippen LogP contribution in [0.4, 0.5) is 11.4 Å². The van der Waals surface area contributed by atoms with Crippen molar-refractivity contribution in [3.63, 3.8) is 0 Å². The van der Waals surface area contributed by atoms with Crippen LogP contribution in [0.2, 0.25) is 0 Å². The van der Waals surface area contributed by atoms with Crippen LogP contribution in [0.3, 0.4) is 0 Å². The summed E-state index contributed by atoms with van der Waals surface area (Å²) in [6.45, 7) is 4.87. The van der Waals surface area contributed by atoms with Crippen LogP contribution in [-0.4, -0.2) is 30.6 Å². The highest BCUT2D eigenvalue weighted by Gasteiger charge is 2.36. The Bertz CT molecular complexity index is 489. The summed E-state index contributed by atoms with van der Waals surface area (Å²) in [5.74, 6) is 0.633. The Morgan fingerprint density at radius 3 is 3.00 bits per heavy atom. The predicted molar refractivity (Wildman–Crippen MR) is 74.6 cm³/mol. The molecule has 19 heavy (non-hydrogen) atoms. The number of aryl methyl sites for hydroxylation is 1. The average Bonchev–Trinajstić information content (AvgIpc) is 2.81. The van der Waals surface area contributed by atoms with Crippen LogP contribution in [0.5, 0.6) is 0 Å². The third-order valence-corrected chi connectivity index (χ3v) is 4.27. The summed E-state index contributed by atoms with van der Waals surface area (Å²) in [5.41, 5.74) is 2.08. The summed E-state index contributed by atoms with van der Waals surface area (Å²) < 4.78 is 0. The lowest BCUT2D eigenvalue weighted by atomic mass is 9.94. The number of piperidine rings is 1. The van der Waals surface area contributed by atoms with Gasteiger partial charge in [0.1, 0.15) is 5.69 Å². The molecule has 2 heterocycles. The molecule has 1 N–H and O–H groups in total. The molecule has 2 atom stereocenters. The number of nitrogens with one attached hydrogen (secondary N) is 1. The predicted octanol–water partition coefficient (Wildman–Crippen LogP) is 2.09. The summed E-state index contributed by atoms with van der Waals surface area (Å²) >= 11 is 0. The largest absolute Gasteiger partial charge is 0.364 e. The van der Waals surface area contributed by atoms with Gasteiger partial charge >= 0.3 is 0 Å². The molecule has 0 spiro atoms. The van der Waals surface area contributed by atoms with Crippen molar-refractivity contribution in [3.8, 4) is 0 Å². The smallest absolute Gasteiger partial charge is 0.292 e. The summed E-state index contributed by atoms with van der Waals surface area (Å²) in [4.78, 5) is 13.1. The van der Waals surface area contributed by atoms with Gasteiger partial charge in [0.15, 0.2) is 0 Å². The van der Waals surface area contributed by atoms with Crippen LogP contribution in [0.15, 0.2) is 18.2 Å². The number of nitro groups is 1. The van der Waals surface area contributed by atoms with Gasteiger partial charge in [-0.3, -0.25) is 10.1 Å². The monoisotopic (exact) mass is 261 g/mol. The molecule has 2 saturated heterocycles. The number of fused-ring (bicyclic) bond motifs is 1. The van der Waals surface area contributed by atoms with E-state index in [1.54, 1.807) is 6.07 Å². The first-order valence-corrected chi connectivity index (χ1v) is 6.88. The van der Waals surface area contributed by atoms with Gasteiger partial charge < -0.3 is 10.2 Å². The molecular formula is C14H19N3O2. The standard InChI is InChI=1S/C14H19N3O2/c1-10-4-5-13(17(18)19)14(7-10)16-8-11-3-2-6-15-12(11)9-16/h4-5,7,11-12,15H,2-3,6,8-9H2,1H3. The highest BCUT2D eigenvalue weighted by atomic mass is 16.6. The lowest BCUT2D eigenvalue weighted by Gasteiger charge is -2.24. The molecule has 0 bridgehead atoms. The number of hydrogen-bond donors (Lipinski definition) is 1. The molecule has 0 amide bonds. The Labute approximate surface area is 112 Å². The Morgan fingerprint density at radius 1 is 1.42 bits per heavy atom. The quantitative estimate of drug-likeness (QED) is 0.654. The van der Waals surface area contributed by atoms with Crippen molar-refractivity contribution in [1.29, 1.82) is 0 Å². The van der Waals surface area contributed by atoms with E-state index in [0.717, 1.165) is 30.9 Å². The van der Waals surface area contributed by atoms with Crippen LogP contribution in [0.25, 0.3) is 0 Å². The second-order valence-corrected chi connectivity index (χ2v) is 5.62. The van der Waals surface area contributed by atoms with Gasteiger partial charge in [0, 0.05) is 25.2 Å². The van der Waals surface area contributed by atoms with Gasteiger partial charge in [0.2, 0.25) is 0 Å². The first-order chi connectivity index (χ1) is 9.15. The van der Waals surface area contributed by atoms with Crippen LogP contribution < -0.4 is 10.2 Å². The molecule has 1 aromatic carbocycles. The van der Waals surface area contributed by atoms with Crippen molar-refractivity contribution in [1.82, 2.24) is 5.32 Å². The van der Waals surface area contributed by atoms with E-state index in [4.69, 9.17) is 0 Å². The summed E-state index contributed by atoms with van der Waals surface area (Å²) in [6, 6.07) is 5.87. The van der Waals surface area contributed by atoms with Gasteiger partial charge in [-0.25, -0.2) is 0 Å². The first-order valence-electron chi connectivity index (χ1n) is 6.88. The highest BCUT2D eigenvalue weighted by molar-refractivity contribution is 5.65. The topological polar surface area (TPSA) is 58.4 Å². The van der Waals surface area contributed by atoms with Gasteiger partial charge in [-0.1, -0.05) is 6.07 Å². The Balaban J connectivity index is 1.90. The minimum atomic E-state index is -0.274. The number of anilines is 1. The summed E-state index contributed by atoms with van der Waals surface area (Å²) in [5, 5.41) is 14.7. The maximum absolute atomic E-state index is 11.2. The van der Waals surface area contributed by atoms with Crippen molar-refractivity contribution in [2.45, 2.75) is 25.8 Å². The molecule has 2 aliphatic heterocycles. The summed E-state index contributed by atoms with van der Waals surface area (Å²) in [7, 11) is 0. The zero-order valence-corrected chi connectivity index (χ0v) is 11.1. The number of rotatable bonds is 2. The van der Waals surface area contributed by atoms with E-state index in [-0.39, 0.29) is 10.6 Å². The molecule has 0 saturated carbocycles. The molecule has 102 valence electrons. The van der Waals surface area contributed by atoms with Gasteiger partial charge in [-0.05, 0) is 43.9 Å². The molecule has 0 radical (unpaired) electrons. The minimum Gasteiger partial charge on any atom is -0.364 e. The fourth-order valence-electron chi connectivity index (χ4n) is 3.28. The van der Waals surface area contributed by atoms with E-state index in [0.29, 0.717) is 12.0 Å². The van der Waals surface area contributed by atoms with E-state index >= 15 is 0 Å². The number of benzene rings is 1. The normalized spacial score (nSPS) is 26.3. The first kappa shape index (κ1) is 12.4. The fraction of sp³-hybridized carbons (Fsp3) is 0.571. The van der Waals surface area contributed by atoms with Crippen LogP contribution in [0.1, 0.15) is 18.4 Å². The van der Waals surface area contributed by atoms with Crippen molar-refractivity contribution in [2.24, 2.45) is 5.92 Å². The maximum Gasteiger partial charge on any atom is 0.292 e. The SMILES string of the molecule is Cc1ccc([N+](=O)[O-])c(N2CC3CCCNC3C2)c1. The van der Waals surface area contributed by atoms with Gasteiger partial charge in [-0.15, -0.1) is 0 Å². The van der Waals surface area contributed by atoms with E-state index in [9.17, 15) is 10.1 Å². The van der Waals surface area contributed by atoms with E-state index in [1.807, 2.05) is 19.1 Å².